The van der Waals surface area contributed by atoms with Crippen LogP contribution in [0.5, 0.6) is 0 Å². The van der Waals surface area contributed by atoms with Crippen molar-refractivity contribution in [1.82, 2.24) is 4.90 Å². The molecule has 0 aromatic rings. The molecular formula is C11H22N2O2. The van der Waals surface area contributed by atoms with Crippen molar-refractivity contribution < 1.29 is 9.47 Å². The maximum Gasteiger partial charge on any atom is 0.0714 e. The van der Waals surface area contributed by atoms with E-state index >= 15 is 0 Å². The van der Waals surface area contributed by atoms with Crippen LogP contribution in [0.15, 0.2) is 0 Å². The molecule has 0 aromatic heterocycles. The van der Waals surface area contributed by atoms with Crippen LogP contribution >= 0.6 is 0 Å². The molecule has 0 radical (unpaired) electrons. The Labute approximate surface area is 91.7 Å². The molecule has 2 aliphatic heterocycles. The second kappa shape index (κ2) is 5.80. The molecule has 0 aliphatic carbocycles. The quantitative estimate of drug-likeness (QED) is 0.727. The molecule has 2 aliphatic rings. The van der Waals surface area contributed by atoms with Crippen molar-refractivity contribution in [2.45, 2.75) is 31.5 Å². The van der Waals surface area contributed by atoms with Gasteiger partial charge in [-0.2, -0.15) is 0 Å². The number of rotatable bonds is 4. The molecule has 2 unspecified atom stereocenters. The second-order valence-electron chi connectivity index (χ2n) is 4.46. The standard InChI is InChI=1S/C11H22N2O2/c12-4-3-11-9-13(5-7-15-11)8-10-2-1-6-14-10/h10-11H,1-9,12H2. The Morgan fingerprint density at radius 3 is 2.80 bits per heavy atom. The Kier molecular flexibility index (Phi) is 4.38. The summed E-state index contributed by atoms with van der Waals surface area (Å²) in [6, 6.07) is 0. The van der Waals surface area contributed by atoms with Gasteiger partial charge in [0, 0.05) is 26.2 Å². The largest absolute Gasteiger partial charge is 0.377 e. The normalized spacial score (nSPS) is 33.4. The van der Waals surface area contributed by atoms with Gasteiger partial charge in [-0.1, -0.05) is 0 Å². The maximum absolute atomic E-state index is 5.65. The Morgan fingerprint density at radius 2 is 2.07 bits per heavy atom. The summed E-state index contributed by atoms with van der Waals surface area (Å²) in [5.74, 6) is 0. The molecule has 88 valence electrons. The number of hydrogen-bond donors (Lipinski definition) is 1. The molecule has 0 spiro atoms. The van der Waals surface area contributed by atoms with Crippen LogP contribution in [0.25, 0.3) is 0 Å². The number of nitrogens with zero attached hydrogens (tertiary/aromatic N) is 1. The first-order valence-electron chi connectivity index (χ1n) is 6.04. The van der Waals surface area contributed by atoms with Gasteiger partial charge in [-0.05, 0) is 25.8 Å². The van der Waals surface area contributed by atoms with Gasteiger partial charge in [0.2, 0.25) is 0 Å². The zero-order chi connectivity index (χ0) is 10.5. The van der Waals surface area contributed by atoms with Crippen LogP contribution in [-0.4, -0.2) is 56.5 Å². The highest BCUT2D eigenvalue weighted by Gasteiger charge is 2.24. The molecule has 0 bridgehead atoms. The van der Waals surface area contributed by atoms with Gasteiger partial charge in [0.15, 0.2) is 0 Å². The predicted molar refractivity (Wildman–Crippen MR) is 58.8 cm³/mol. The van der Waals surface area contributed by atoms with Crippen LogP contribution in [0.4, 0.5) is 0 Å². The molecule has 0 saturated carbocycles. The van der Waals surface area contributed by atoms with Crippen molar-refractivity contribution in [3.05, 3.63) is 0 Å². The van der Waals surface area contributed by atoms with E-state index in [2.05, 4.69) is 4.90 Å². The fourth-order valence-corrected chi connectivity index (χ4v) is 2.38. The Morgan fingerprint density at radius 1 is 1.20 bits per heavy atom. The van der Waals surface area contributed by atoms with Gasteiger partial charge in [-0.3, -0.25) is 4.90 Å². The summed E-state index contributed by atoms with van der Waals surface area (Å²) >= 11 is 0. The highest BCUT2D eigenvalue weighted by molar-refractivity contribution is 4.76. The van der Waals surface area contributed by atoms with E-state index in [4.69, 9.17) is 15.2 Å². The summed E-state index contributed by atoms with van der Waals surface area (Å²) in [5, 5.41) is 0. The number of nitrogens with two attached hydrogens (primary N) is 1. The average Bonchev–Trinajstić information content (AvgIpc) is 2.71. The molecular weight excluding hydrogens is 192 g/mol. The summed E-state index contributed by atoms with van der Waals surface area (Å²) in [7, 11) is 0. The minimum Gasteiger partial charge on any atom is -0.377 e. The van der Waals surface area contributed by atoms with Crippen LogP contribution in [-0.2, 0) is 9.47 Å². The van der Waals surface area contributed by atoms with Gasteiger partial charge in [-0.15, -0.1) is 0 Å². The zero-order valence-electron chi connectivity index (χ0n) is 9.36. The van der Waals surface area contributed by atoms with E-state index in [9.17, 15) is 0 Å². The highest BCUT2D eigenvalue weighted by Crippen LogP contribution is 2.15. The lowest BCUT2D eigenvalue weighted by Crippen LogP contribution is -2.46. The lowest BCUT2D eigenvalue weighted by atomic mass is 10.1. The molecule has 2 N–H and O–H groups in total. The third-order valence-corrected chi connectivity index (χ3v) is 3.20. The number of ether oxygens (including phenoxy) is 2. The van der Waals surface area contributed by atoms with E-state index in [-0.39, 0.29) is 0 Å². The smallest absolute Gasteiger partial charge is 0.0714 e. The van der Waals surface area contributed by atoms with E-state index in [0.29, 0.717) is 12.2 Å². The van der Waals surface area contributed by atoms with Crippen LogP contribution in [0, 0.1) is 0 Å². The van der Waals surface area contributed by atoms with Crippen molar-refractivity contribution >= 4 is 0 Å². The summed E-state index contributed by atoms with van der Waals surface area (Å²) in [6.45, 7) is 5.65. The van der Waals surface area contributed by atoms with Crippen molar-refractivity contribution in [3.8, 4) is 0 Å². The van der Waals surface area contributed by atoms with Crippen LogP contribution in [0.1, 0.15) is 19.3 Å². The van der Waals surface area contributed by atoms with Gasteiger partial charge in [0.1, 0.15) is 0 Å². The van der Waals surface area contributed by atoms with E-state index < -0.39 is 0 Å². The first kappa shape index (κ1) is 11.3. The van der Waals surface area contributed by atoms with Gasteiger partial charge in [-0.25, -0.2) is 0 Å². The summed E-state index contributed by atoms with van der Waals surface area (Å²) in [4.78, 5) is 2.46. The summed E-state index contributed by atoms with van der Waals surface area (Å²) in [6.07, 6.45) is 4.22. The minimum atomic E-state index is 0.338. The van der Waals surface area contributed by atoms with Crippen molar-refractivity contribution in [2.24, 2.45) is 5.73 Å². The second-order valence-corrected chi connectivity index (χ2v) is 4.46. The van der Waals surface area contributed by atoms with Gasteiger partial charge in [0.05, 0.1) is 18.8 Å². The SMILES string of the molecule is NCCC1CN(CC2CCCO2)CCO1. The highest BCUT2D eigenvalue weighted by atomic mass is 16.5. The molecule has 2 rings (SSSR count). The molecule has 2 saturated heterocycles. The average molecular weight is 214 g/mol. The summed E-state index contributed by atoms with van der Waals surface area (Å²) < 4.78 is 11.3. The predicted octanol–water partition coefficient (Wildman–Crippen LogP) is 0.215. The van der Waals surface area contributed by atoms with Crippen molar-refractivity contribution in [3.63, 3.8) is 0 Å². The van der Waals surface area contributed by atoms with Gasteiger partial charge >= 0.3 is 0 Å². The van der Waals surface area contributed by atoms with E-state index in [1.165, 1.54) is 12.8 Å². The molecule has 0 amide bonds. The number of morpholine rings is 1. The van der Waals surface area contributed by atoms with E-state index in [0.717, 1.165) is 45.8 Å². The zero-order valence-corrected chi connectivity index (χ0v) is 9.36. The van der Waals surface area contributed by atoms with Crippen LogP contribution in [0.3, 0.4) is 0 Å². The van der Waals surface area contributed by atoms with Crippen molar-refractivity contribution in [2.75, 3.05) is 39.4 Å². The topological polar surface area (TPSA) is 47.7 Å². The van der Waals surface area contributed by atoms with Crippen LogP contribution < -0.4 is 5.73 Å². The Bertz CT molecular complexity index is 181. The molecule has 2 atom stereocenters. The molecule has 15 heavy (non-hydrogen) atoms. The van der Waals surface area contributed by atoms with E-state index in [1.54, 1.807) is 0 Å². The first-order chi connectivity index (χ1) is 7.38. The Balaban J connectivity index is 1.71. The third kappa shape index (κ3) is 3.41. The van der Waals surface area contributed by atoms with Crippen molar-refractivity contribution in [1.29, 1.82) is 0 Å². The van der Waals surface area contributed by atoms with Crippen LogP contribution in [0.2, 0.25) is 0 Å². The molecule has 4 nitrogen and oxygen atoms in total. The Hall–Kier alpha value is -0.160. The van der Waals surface area contributed by atoms with Gasteiger partial charge in [0.25, 0.3) is 0 Å². The minimum absolute atomic E-state index is 0.338. The van der Waals surface area contributed by atoms with E-state index in [1.807, 2.05) is 0 Å². The van der Waals surface area contributed by atoms with Gasteiger partial charge < -0.3 is 15.2 Å². The molecule has 2 heterocycles. The third-order valence-electron chi connectivity index (χ3n) is 3.20. The monoisotopic (exact) mass is 214 g/mol. The first-order valence-corrected chi connectivity index (χ1v) is 6.04. The maximum atomic E-state index is 5.65. The summed E-state index contributed by atoms with van der Waals surface area (Å²) in [5.41, 5.74) is 5.55. The molecule has 4 heteroatoms. The lowest BCUT2D eigenvalue weighted by molar-refractivity contribution is -0.0448. The molecule has 0 aromatic carbocycles. The number of hydrogen-bond acceptors (Lipinski definition) is 4. The lowest BCUT2D eigenvalue weighted by Gasteiger charge is -2.34. The molecule has 2 fully saturated rings. The fraction of sp³-hybridized carbons (Fsp3) is 1.00. The fourth-order valence-electron chi connectivity index (χ4n) is 2.38.